The van der Waals surface area contributed by atoms with Gasteiger partial charge in [-0.25, -0.2) is 8.76 Å². The summed E-state index contributed by atoms with van der Waals surface area (Å²) >= 11 is 8.05. The van der Waals surface area contributed by atoms with E-state index in [1.807, 2.05) is 31.5 Å². The molecule has 39 heavy (non-hydrogen) atoms. The monoisotopic (exact) mass is 564 g/mol. The molecular formula is C30H30ClFN4O2S. The molecular weight excluding hydrogens is 535 g/mol. The van der Waals surface area contributed by atoms with Gasteiger partial charge < -0.3 is 5.32 Å². The van der Waals surface area contributed by atoms with Gasteiger partial charge in [0, 0.05) is 40.6 Å². The molecule has 202 valence electrons. The number of aromatic nitrogens is 2. The summed E-state index contributed by atoms with van der Waals surface area (Å²) in [6.45, 7) is 7.67. The fourth-order valence-corrected chi connectivity index (χ4v) is 5.87. The first kappa shape index (κ1) is 27.2. The van der Waals surface area contributed by atoms with Crippen molar-refractivity contribution in [2.75, 3.05) is 5.32 Å². The van der Waals surface area contributed by atoms with Crippen molar-refractivity contribution in [3.8, 4) is 0 Å². The molecule has 2 unspecified atom stereocenters. The SMILES string of the molecule is C/C=C/N=C(/C=C/n1c(C)cc(C2C(c3cnsc3)[C@H]2C)c(Cl)c1=O)c1cccc(NC(=O)C2(C)CC2)c1F. The molecule has 2 fully saturated rings. The molecule has 0 aliphatic heterocycles. The van der Waals surface area contributed by atoms with E-state index < -0.39 is 11.2 Å². The van der Waals surface area contributed by atoms with Crippen molar-refractivity contribution >= 4 is 46.6 Å². The minimum absolute atomic E-state index is 0.0990. The largest absolute Gasteiger partial charge is 0.323 e. The molecule has 3 atom stereocenters. The predicted octanol–water partition coefficient (Wildman–Crippen LogP) is 7.16. The highest BCUT2D eigenvalue weighted by Crippen LogP contribution is 2.61. The number of carbonyl (C=O) groups excluding carboxylic acids is 1. The number of allylic oxidation sites excluding steroid dienone is 2. The summed E-state index contributed by atoms with van der Waals surface area (Å²) in [6, 6.07) is 6.75. The third-order valence-electron chi connectivity index (χ3n) is 7.79. The summed E-state index contributed by atoms with van der Waals surface area (Å²) < 4.78 is 21.2. The van der Waals surface area contributed by atoms with Gasteiger partial charge >= 0.3 is 0 Å². The van der Waals surface area contributed by atoms with Gasteiger partial charge in [0.2, 0.25) is 5.91 Å². The molecule has 0 saturated heterocycles. The smallest absolute Gasteiger partial charge is 0.273 e. The predicted molar refractivity (Wildman–Crippen MR) is 156 cm³/mol. The van der Waals surface area contributed by atoms with E-state index in [1.165, 1.54) is 27.7 Å². The number of nitrogens with one attached hydrogen (secondary N) is 1. The van der Waals surface area contributed by atoms with Gasteiger partial charge in [-0.3, -0.25) is 19.1 Å². The maximum atomic E-state index is 15.6. The summed E-state index contributed by atoms with van der Waals surface area (Å²) in [6.07, 6.45) is 9.88. The Morgan fingerprint density at radius 3 is 2.77 bits per heavy atom. The Balaban J connectivity index is 1.45. The average Bonchev–Trinajstić information content (AvgIpc) is 3.74. The molecule has 0 radical (unpaired) electrons. The number of aryl methyl sites for hydroxylation is 1. The molecule has 6 nitrogen and oxygen atoms in total. The molecule has 0 bridgehead atoms. The van der Waals surface area contributed by atoms with E-state index in [9.17, 15) is 9.59 Å². The molecule has 1 amide bonds. The number of halogens is 2. The standard InChI is InChI=1S/C30H30ClFN4O2S/c1-5-12-33-22(20-7-6-8-23(27(20)32)35-29(38)30(4)10-11-30)9-13-36-17(2)14-21(26(31)28(36)37)25-18(3)24(25)19-15-34-39-16-19/h5-9,12-16,18,24-25H,10-11H2,1-4H3,(H,35,38)/b12-5+,13-9+,33-22-/t18-,24?,25?/m1/s1. The fraction of sp³-hybridized carbons (Fsp3) is 0.333. The van der Waals surface area contributed by atoms with Gasteiger partial charge in [0.25, 0.3) is 5.56 Å². The number of nitrogens with zero attached hydrogens (tertiary/aromatic N) is 3. The van der Waals surface area contributed by atoms with Gasteiger partial charge in [-0.15, -0.1) is 0 Å². The van der Waals surface area contributed by atoms with E-state index >= 15 is 4.39 Å². The maximum absolute atomic E-state index is 15.6. The first-order valence-corrected chi connectivity index (χ1v) is 14.2. The second-order valence-corrected chi connectivity index (χ2v) is 11.6. The van der Waals surface area contributed by atoms with Gasteiger partial charge in [0.15, 0.2) is 5.82 Å². The Labute approximate surface area is 236 Å². The lowest BCUT2D eigenvalue weighted by atomic mass is 10.1. The van der Waals surface area contributed by atoms with Crippen molar-refractivity contribution in [3.05, 3.63) is 97.8 Å². The van der Waals surface area contributed by atoms with Crippen LogP contribution >= 0.6 is 23.1 Å². The van der Waals surface area contributed by atoms with E-state index in [2.05, 4.69) is 21.6 Å². The van der Waals surface area contributed by atoms with Gasteiger partial charge in [-0.1, -0.05) is 37.6 Å². The van der Waals surface area contributed by atoms with Crippen LogP contribution in [0.15, 0.2) is 64.0 Å². The van der Waals surface area contributed by atoms with Gasteiger partial charge in [-0.05, 0) is 91.4 Å². The zero-order valence-corrected chi connectivity index (χ0v) is 23.8. The Bertz CT molecular complexity index is 1570. The van der Waals surface area contributed by atoms with Crippen LogP contribution in [0.1, 0.15) is 67.8 Å². The quantitative estimate of drug-likeness (QED) is 0.295. The Morgan fingerprint density at radius 2 is 2.10 bits per heavy atom. The van der Waals surface area contributed by atoms with E-state index in [0.717, 1.165) is 18.4 Å². The van der Waals surface area contributed by atoms with E-state index in [1.54, 1.807) is 43.6 Å². The Hall–Kier alpha value is -3.36. The second kappa shape index (κ2) is 10.7. The summed E-state index contributed by atoms with van der Waals surface area (Å²) in [7, 11) is 0. The maximum Gasteiger partial charge on any atom is 0.273 e. The molecule has 2 aromatic heterocycles. The van der Waals surface area contributed by atoms with Gasteiger partial charge in [0.05, 0.1) is 11.4 Å². The van der Waals surface area contributed by atoms with Crippen LogP contribution in [0, 0.1) is 24.1 Å². The fourth-order valence-electron chi connectivity index (χ4n) is 5.02. The first-order chi connectivity index (χ1) is 18.7. The molecule has 2 aliphatic carbocycles. The molecule has 2 heterocycles. The van der Waals surface area contributed by atoms with E-state index in [0.29, 0.717) is 23.2 Å². The van der Waals surface area contributed by atoms with Crippen molar-refractivity contribution in [2.45, 2.75) is 52.4 Å². The Morgan fingerprint density at radius 1 is 1.33 bits per heavy atom. The third-order valence-corrected chi connectivity index (χ3v) is 8.78. The average molecular weight is 565 g/mol. The number of anilines is 1. The zero-order chi connectivity index (χ0) is 27.9. The number of hydrogen-bond acceptors (Lipinski definition) is 5. The summed E-state index contributed by atoms with van der Waals surface area (Å²) in [5.74, 6) is 0.0411. The van der Waals surface area contributed by atoms with Crippen molar-refractivity contribution in [1.82, 2.24) is 8.94 Å². The topological polar surface area (TPSA) is 76.3 Å². The van der Waals surface area contributed by atoms with Crippen molar-refractivity contribution in [2.24, 2.45) is 16.3 Å². The van der Waals surface area contributed by atoms with E-state index in [4.69, 9.17) is 11.6 Å². The second-order valence-electron chi connectivity index (χ2n) is 10.6. The molecule has 5 rings (SSSR count). The number of pyridine rings is 1. The number of carbonyl (C=O) groups is 1. The summed E-state index contributed by atoms with van der Waals surface area (Å²) in [4.78, 5) is 30.3. The summed E-state index contributed by atoms with van der Waals surface area (Å²) in [5, 5.41) is 4.95. The van der Waals surface area contributed by atoms with Crippen LogP contribution in [0.25, 0.3) is 6.20 Å². The molecule has 1 N–H and O–H groups in total. The van der Waals surface area contributed by atoms with Crippen LogP contribution in [0.4, 0.5) is 10.1 Å². The molecule has 2 aliphatic rings. The van der Waals surface area contributed by atoms with Gasteiger partial charge in [0.1, 0.15) is 5.02 Å². The highest BCUT2D eigenvalue weighted by molar-refractivity contribution is 7.03. The molecule has 0 spiro atoms. The van der Waals surface area contributed by atoms with Gasteiger partial charge in [-0.2, -0.15) is 0 Å². The van der Waals surface area contributed by atoms with Crippen molar-refractivity contribution in [1.29, 1.82) is 0 Å². The highest BCUT2D eigenvalue weighted by atomic mass is 35.5. The van der Waals surface area contributed by atoms with Crippen molar-refractivity contribution < 1.29 is 9.18 Å². The lowest BCUT2D eigenvalue weighted by Crippen LogP contribution is -2.22. The molecule has 3 aromatic rings. The minimum Gasteiger partial charge on any atom is -0.323 e. The van der Waals surface area contributed by atoms with Crippen LogP contribution < -0.4 is 10.9 Å². The number of aliphatic imine (C=N–C) groups is 1. The molecule has 1 aromatic carbocycles. The minimum atomic E-state index is -0.586. The zero-order valence-electron chi connectivity index (χ0n) is 22.2. The third kappa shape index (κ3) is 5.28. The lowest BCUT2D eigenvalue weighted by molar-refractivity contribution is -0.120. The molecule has 9 heteroatoms. The normalized spacial score (nSPS) is 22.0. The number of rotatable bonds is 8. The van der Waals surface area contributed by atoms with Crippen molar-refractivity contribution in [3.63, 3.8) is 0 Å². The number of benzene rings is 1. The summed E-state index contributed by atoms with van der Waals surface area (Å²) in [5.41, 5.74) is 2.55. The van der Waals surface area contributed by atoms with Crippen LogP contribution in [-0.4, -0.2) is 20.6 Å². The van der Waals surface area contributed by atoms with Crippen LogP contribution in [-0.2, 0) is 4.79 Å². The Kier molecular flexibility index (Phi) is 7.44. The van der Waals surface area contributed by atoms with Crippen LogP contribution in [0.3, 0.4) is 0 Å². The van der Waals surface area contributed by atoms with E-state index in [-0.39, 0.29) is 33.7 Å². The first-order valence-electron chi connectivity index (χ1n) is 12.9. The highest BCUT2D eigenvalue weighted by Gasteiger charge is 2.50. The molecule has 2 saturated carbocycles. The lowest BCUT2D eigenvalue weighted by Gasteiger charge is -2.13. The number of amides is 1. The van der Waals surface area contributed by atoms with Crippen LogP contribution in [0.5, 0.6) is 0 Å². The van der Waals surface area contributed by atoms with Crippen LogP contribution in [0.2, 0.25) is 5.02 Å². The number of hydrogen-bond donors (Lipinski definition) is 1.